The Hall–Kier alpha value is -1.03. The molecule has 0 radical (unpaired) electrons. The number of hydrogen-bond acceptors (Lipinski definition) is 3. The molecule has 0 unspecified atom stereocenters. The third kappa shape index (κ3) is 4.69. The van der Waals surface area contributed by atoms with Gasteiger partial charge in [0.2, 0.25) is 0 Å². The molecule has 1 aromatic rings. The van der Waals surface area contributed by atoms with Gasteiger partial charge >= 0.3 is 0 Å². The highest BCUT2D eigenvalue weighted by Crippen LogP contribution is 2.16. The van der Waals surface area contributed by atoms with Gasteiger partial charge in [0, 0.05) is 12.2 Å². The molecule has 18 heavy (non-hydrogen) atoms. The van der Waals surface area contributed by atoms with Crippen LogP contribution in [0.5, 0.6) is 0 Å². The molecule has 3 nitrogen and oxygen atoms in total. The Bertz CT molecular complexity index is 437. The molecule has 0 aromatic heterocycles. The van der Waals surface area contributed by atoms with E-state index in [2.05, 4.69) is 12.2 Å². The van der Waals surface area contributed by atoms with Gasteiger partial charge < -0.3 is 5.32 Å². The zero-order valence-electron chi connectivity index (χ0n) is 11.3. The molecule has 0 atom stereocenters. The van der Waals surface area contributed by atoms with E-state index in [1.54, 1.807) is 12.1 Å². The summed E-state index contributed by atoms with van der Waals surface area (Å²) in [5.41, 5.74) is 0.988. The normalized spacial score (nSPS) is 11.4. The summed E-state index contributed by atoms with van der Waals surface area (Å²) in [6, 6.07) is 7.06. The van der Waals surface area contributed by atoms with Crippen molar-refractivity contribution < 1.29 is 8.42 Å². The van der Waals surface area contributed by atoms with E-state index in [-0.39, 0.29) is 5.75 Å². The van der Waals surface area contributed by atoms with Crippen LogP contribution in [0.4, 0.5) is 5.69 Å². The monoisotopic (exact) mass is 269 g/mol. The van der Waals surface area contributed by atoms with Crippen molar-refractivity contribution in [3.63, 3.8) is 0 Å². The number of unbranched alkanes of at least 4 members (excludes halogenated alkanes) is 2. The predicted octanol–water partition coefficient (Wildman–Crippen LogP) is 3.47. The van der Waals surface area contributed by atoms with E-state index >= 15 is 0 Å². The summed E-state index contributed by atoms with van der Waals surface area (Å²) in [6.07, 6.45) is 4.22. The first kappa shape index (κ1) is 15.0. The summed E-state index contributed by atoms with van der Waals surface area (Å²) < 4.78 is 23.6. The average Bonchev–Trinajstić information content (AvgIpc) is 2.35. The number of rotatable bonds is 8. The van der Waals surface area contributed by atoms with Gasteiger partial charge in [0.15, 0.2) is 9.84 Å². The highest BCUT2D eigenvalue weighted by Gasteiger charge is 2.12. The SMILES string of the molecule is CCCCCNc1ccc(S(=O)(=O)CCC)cc1. The second-order valence-corrected chi connectivity index (χ2v) is 6.59. The van der Waals surface area contributed by atoms with Gasteiger partial charge in [0.25, 0.3) is 0 Å². The Labute approximate surface area is 111 Å². The van der Waals surface area contributed by atoms with Gasteiger partial charge in [0.05, 0.1) is 10.6 Å². The van der Waals surface area contributed by atoms with Crippen LogP contribution in [0.2, 0.25) is 0 Å². The number of nitrogens with one attached hydrogen (secondary N) is 1. The molecule has 0 saturated heterocycles. The highest BCUT2D eigenvalue weighted by molar-refractivity contribution is 7.91. The Balaban J connectivity index is 2.57. The molecule has 0 bridgehead atoms. The van der Waals surface area contributed by atoms with E-state index in [0.29, 0.717) is 11.3 Å². The molecule has 0 spiro atoms. The lowest BCUT2D eigenvalue weighted by molar-refractivity contribution is 0.595. The van der Waals surface area contributed by atoms with E-state index in [4.69, 9.17) is 0 Å². The maximum atomic E-state index is 11.8. The fourth-order valence-electron chi connectivity index (χ4n) is 1.77. The van der Waals surface area contributed by atoms with Crippen molar-refractivity contribution in [2.75, 3.05) is 17.6 Å². The zero-order chi connectivity index (χ0) is 13.4. The van der Waals surface area contributed by atoms with Crippen molar-refractivity contribution in [3.05, 3.63) is 24.3 Å². The largest absolute Gasteiger partial charge is 0.385 e. The smallest absolute Gasteiger partial charge is 0.178 e. The molecule has 0 fully saturated rings. The minimum Gasteiger partial charge on any atom is -0.385 e. The molecule has 1 N–H and O–H groups in total. The molecule has 0 saturated carbocycles. The fraction of sp³-hybridized carbons (Fsp3) is 0.571. The minimum atomic E-state index is -3.08. The third-order valence-corrected chi connectivity index (χ3v) is 4.73. The number of benzene rings is 1. The van der Waals surface area contributed by atoms with Crippen LogP contribution in [0.25, 0.3) is 0 Å². The van der Waals surface area contributed by atoms with Crippen molar-refractivity contribution in [3.8, 4) is 0 Å². The lowest BCUT2D eigenvalue weighted by Gasteiger charge is -2.07. The summed E-state index contributed by atoms with van der Waals surface area (Å²) in [7, 11) is -3.08. The van der Waals surface area contributed by atoms with Crippen molar-refractivity contribution in [1.29, 1.82) is 0 Å². The highest BCUT2D eigenvalue weighted by atomic mass is 32.2. The first-order valence-corrected chi connectivity index (χ1v) is 8.32. The van der Waals surface area contributed by atoms with Gasteiger partial charge in [0.1, 0.15) is 0 Å². The average molecular weight is 269 g/mol. The third-order valence-electron chi connectivity index (χ3n) is 2.80. The van der Waals surface area contributed by atoms with Crippen LogP contribution in [-0.4, -0.2) is 20.7 Å². The Morgan fingerprint density at radius 3 is 2.22 bits per heavy atom. The molecule has 4 heteroatoms. The second kappa shape index (κ2) is 7.41. The Morgan fingerprint density at radius 1 is 1.00 bits per heavy atom. The Kier molecular flexibility index (Phi) is 6.19. The topological polar surface area (TPSA) is 46.2 Å². The maximum absolute atomic E-state index is 11.8. The van der Waals surface area contributed by atoms with E-state index in [9.17, 15) is 8.42 Å². The molecule has 1 aromatic carbocycles. The van der Waals surface area contributed by atoms with E-state index in [1.165, 1.54) is 12.8 Å². The van der Waals surface area contributed by atoms with Crippen LogP contribution in [0.15, 0.2) is 29.2 Å². The molecule has 0 heterocycles. The second-order valence-electron chi connectivity index (χ2n) is 4.48. The maximum Gasteiger partial charge on any atom is 0.178 e. The van der Waals surface area contributed by atoms with Crippen LogP contribution in [0.3, 0.4) is 0 Å². The van der Waals surface area contributed by atoms with Gasteiger partial charge in [-0.15, -0.1) is 0 Å². The fourth-order valence-corrected chi connectivity index (χ4v) is 3.10. The summed E-state index contributed by atoms with van der Waals surface area (Å²) in [5.74, 6) is 0.219. The van der Waals surface area contributed by atoms with Gasteiger partial charge in [-0.3, -0.25) is 0 Å². The summed E-state index contributed by atoms with van der Waals surface area (Å²) in [5, 5.41) is 3.30. The van der Waals surface area contributed by atoms with E-state index in [1.807, 2.05) is 19.1 Å². The molecule has 1 rings (SSSR count). The van der Waals surface area contributed by atoms with E-state index in [0.717, 1.165) is 18.7 Å². The standard InChI is InChI=1S/C14H23NO2S/c1-3-5-6-11-15-13-7-9-14(10-8-13)18(16,17)12-4-2/h7-10,15H,3-6,11-12H2,1-2H3. The quantitative estimate of drug-likeness (QED) is 0.735. The molecular weight excluding hydrogens is 246 g/mol. The number of sulfone groups is 1. The lowest BCUT2D eigenvalue weighted by atomic mass is 10.2. The minimum absolute atomic E-state index is 0.219. The van der Waals surface area contributed by atoms with Crippen LogP contribution < -0.4 is 5.32 Å². The summed E-state index contributed by atoms with van der Waals surface area (Å²) >= 11 is 0. The first-order chi connectivity index (χ1) is 8.60. The van der Waals surface area contributed by atoms with Gasteiger partial charge in [-0.25, -0.2) is 8.42 Å². The van der Waals surface area contributed by atoms with Gasteiger partial charge in [-0.05, 0) is 37.1 Å². The van der Waals surface area contributed by atoms with E-state index < -0.39 is 9.84 Å². The molecule has 102 valence electrons. The predicted molar refractivity (Wildman–Crippen MR) is 76.8 cm³/mol. The van der Waals surface area contributed by atoms with Crippen LogP contribution in [0, 0.1) is 0 Å². The van der Waals surface area contributed by atoms with Crippen molar-refractivity contribution in [1.82, 2.24) is 0 Å². The lowest BCUT2D eigenvalue weighted by Crippen LogP contribution is -2.06. The first-order valence-electron chi connectivity index (χ1n) is 6.67. The van der Waals surface area contributed by atoms with Crippen LogP contribution >= 0.6 is 0 Å². The molecule has 0 amide bonds. The zero-order valence-corrected chi connectivity index (χ0v) is 12.1. The summed E-state index contributed by atoms with van der Waals surface area (Å²) in [6.45, 7) is 4.99. The molecule has 0 aliphatic carbocycles. The van der Waals surface area contributed by atoms with Crippen molar-refractivity contribution >= 4 is 15.5 Å². The molecular formula is C14H23NO2S. The number of hydrogen-bond donors (Lipinski definition) is 1. The van der Waals surface area contributed by atoms with Gasteiger partial charge in [-0.1, -0.05) is 26.7 Å². The molecule has 0 aliphatic rings. The Morgan fingerprint density at radius 2 is 1.67 bits per heavy atom. The number of anilines is 1. The van der Waals surface area contributed by atoms with Crippen LogP contribution in [0.1, 0.15) is 39.5 Å². The van der Waals surface area contributed by atoms with Crippen LogP contribution in [-0.2, 0) is 9.84 Å². The van der Waals surface area contributed by atoms with Crippen molar-refractivity contribution in [2.45, 2.75) is 44.4 Å². The molecule has 0 aliphatic heterocycles. The van der Waals surface area contributed by atoms with Crippen molar-refractivity contribution in [2.24, 2.45) is 0 Å². The summed E-state index contributed by atoms with van der Waals surface area (Å²) in [4.78, 5) is 0.420. The van der Waals surface area contributed by atoms with Gasteiger partial charge in [-0.2, -0.15) is 0 Å².